The van der Waals surface area contributed by atoms with E-state index in [-0.39, 0.29) is 40.3 Å². The van der Waals surface area contributed by atoms with E-state index in [0.717, 1.165) is 0 Å². The van der Waals surface area contributed by atoms with Gasteiger partial charge >= 0.3 is 0 Å². The van der Waals surface area contributed by atoms with Gasteiger partial charge in [0.2, 0.25) is 5.91 Å². The summed E-state index contributed by atoms with van der Waals surface area (Å²) in [6, 6.07) is 10.9. The van der Waals surface area contributed by atoms with Crippen LogP contribution in [0.15, 0.2) is 76.5 Å². The Morgan fingerprint density at radius 1 is 0.700 bits per heavy atom. The van der Waals surface area contributed by atoms with Gasteiger partial charge in [-0.3, -0.25) is 28.8 Å². The molecule has 17 heteroatoms. The fourth-order valence-corrected chi connectivity index (χ4v) is 5.08. The quantitative estimate of drug-likeness (QED) is 0.104. The molecule has 258 valence electrons. The van der Waals surface area contributed by atoms with Gasteiger partial charge in [0, 0.05) is 63.8 Å². The fraction of sp³-hybridized carbons (Fsp3) is 0.152. The zero-order valence-corrected chi connectivity index (χ0v) is 28.6. The van der Waals surface area contributed by atoms with Crippen LogP contribution in [0.4, 0.5) is 22.7 Å². The number of aromatic nitrogens is 3. The maximum atomic E-state index is 13.2. The number of carbonyl (C=O) groups is 6. The smallest absolute Gasteiger partial charge is 0.291 e. The molecule has 16 nitrogen and oxygen atoms in total. The van der Waals surface area contributed by atoms with Crippen molar-refractivity contribution < 1.29 is 33.2 Å². The number of benzene rings is 1. The lowest BCUT2D eigenvalue weighted by Gasteiger charge is -2.04. The van der Waals surface area contributed by atoms with Crippen LogP contribution in [-0.4, -0.2) is 55.7 Å². The number of carbonyl (C=O) groups excluding carboxylic acids is 6. The van der Waals surface area contributed by atoms with Gasteiger partial charge in [-0.05, 0) is 58.4 Å². The maximum absolute atomic E-state index is 13.2. The summed E-state index contributed by atoms with van der Waals surface area (Å²) in [5.41, 5.74) is 7.79. The summed E-state index contributed by atoms with van der Waals surface area (Å²) in [5, 5.41) is 14.1. The second kappa shape index (κ2) is 14.4. The van der Waals surface area contributed by atoms with E-state index in [1.165, 1.54) is 38.0 Å². The molecule has 0 radical (unpaired) electrons. The van der Waals surface area contributed by atoms with Crippen LogP contribution in [-0.2, 0) is 30.7 Å². The fourth-order valence-electron chi connectivity index (χ4n) is 4.98. The molecule has 4 heterocycles. The zero-order chi connectivity index (χ0) is 36.3. The lowest BCUT2D eigenvalue weighted by atomic mass is 10.2. The first-order valence-corrected chi connectivity index (χ1v) is 15.7. The summed E-state index contributed by atoms with van der Waals surface area (Å²) in [7, 11) is 4.91. The van der Waals surface area contributed by atoms with Crippen LogP contribution >= 0.6 is 15.9 Å². The molecule has 4 aromatic heterocycles. The van der Waals surface area contributed by atoms with Crippen LogP contribution in [0.25, 0.3) is 11.0 Å². The molecule has 0 bridgehead atoms. The normalized spacial score (nSPS) is 10.8. The number of nitrogens with one attached hydrogen (secondary N) is 5. The molecule has 0 atom stereocenters. The SMILES string of the molecule is C=C(Br)C(=O)Nc1ccc2oc(C(=O)Nc3cc(C(=O)Nc4cc(C(=O)Nc5cc(C(=O)NCCC(N)=O)n(C)c5)n(C)c4)n(C)c3)cc2c1. The van der Waals surface area contributed by atoms with Gasteiger partial charge in [-0.25, -0.2) is 0 Å². The molecule has 0 aliphatic carbocycles. The average molecular weight is 747 g/mol. The largest absolute Gasteiger partial charge is 0.451 e. The number of aryl methyl sites for hydroxylation is 3. The molecule has 5 aromatic rings. The lowest BCUT2D eigenvalue weighted by Crippen LogP contribution is -2.29. The predicted molar refractivity (Wildman–Crippen MR) is 189 cm³/mol. The number of anilines is 4. The molecule has 0 spiro atoms. The van der Waals surface area contributed by atoms with Crippen LogP contribution in [0.2, 0.25) is 0 Å². The minimum atomic E-state index is -0.550. The summed E-state index contributed by atoms with van der Waals surface area (Å²) in [4.78, 5) is 74.5. The van der Waals surface area contributed by atoms with E-state index in [0.29, 0.717) is 33.7 Å². The van der Waals surface area contributed by atoms with Crippen molar-refractivity contribution in [3.8, 4) is 0 Å². The second-order valence-corrected chi connectivity index (χ2v) is 12.2. The highest BCUT2D eigenvalue weighted by molar-refractivity contribution is 9.12. The molecular formula is C33H32BrN9O7. The first kappa shape index (κ1) is 35.0. The number of nitrogens with zero attached hydrogens (tertiary/aromatic N) is 3. The number of primary amides is 1. The number of hydrogen-bond donors (Lipinski definition) is 6. The number of rotatable bonds is 12. The Bertz CT molecular complexity index is 2200. The van der Waals surface area contributed by atoms with Crippen LogP contribution in [0.1, 0.15) is 48.4 Å². The van der Waals surface area contributed by atoms with E-state index in [2.05, 4.69) is 49.1 Å². The van der Waals surface area contributed by atoms with E-state index in [9.17, 15) is 28.8 Å². The van der Waals surface area contributed by atoms with Crippen molar-refractivity contribution in [3.63, 3.8) is 0 Å². The Hall–Kier alpha value is -6.36. The van der Waals surface area contributed by atoms with E-state index < -0.39 is 35.4 Å². The Balaban J connectivity index is 1.20. The standard InChI is InChI=1S/C33H32BrN9O7/c1-17(34)29(45)37-19-5-6-26-18(9-19)10-27(50-26)33(49)40-22-13-25(43(4)16-22)32(48)39-21-12-24(42(3)15-21)31(47)38-20-11-23(41(2)14-20)30(46)36-8-7-28(35)44/h5-6,9-16H,1,7-8H2,2-4H3,(H2,35,44)(H,36,46)(H,37,45)(H,38,47)(H,39,48)(H,40,49). The van der Waals surface area contributed by atoms with Crippen molar-refractivity contribution in [2.45, 2.75) is 6.42 Å². The number of hydrogen-bond acceptors (Lipinski definition) is 7. The molecule has 0 saturated carbocycles. The number of nitrogens with two attached hydrogens (primary N) is 1. The van der Waals surface area contributed by atoms with Crippen molar-refractivity contribution in [2.75, 3.05) is 27.8 Å². The topological polar surface area (TPSA) is 217 Å². The number of amides is 6. The van der Waals surface area contributed by atoms with Gasteiger partial charge in [0.15, 0.2) is 5.76 Å². The van der Waals surface area contributed by atoms with E-state index in [1.54, 1.807) is 57.9 Å². The third-order valence-electron chi connectivity index (χ3n) is 7.39. The number of furan rings is 1. The van der Waals surface area contributed by atoms with Gasteiger partial charge < -0.3 is 50.4 Å². The Labute approximate surface area is 292 Å². The van der Waals surface area contributed by atoms with Crippen LogP contribution in [0.5, 0.6) is 0 Å². The van der Waals surface area contributed by atoms with Gasteiger partial charge in [-0.1, -0.05) is 6.58 Å². The van der Waals surface area contributed by atoms with Crippen molar-refractivity contribution in [1.82, 2.24) is 19.0 Å². The minimum Gasteiger partial charge on any atom is -0.451 e. The first-order chi connectivity index (χ1) is 23.7. The maximum Gasteiger partial charge on any atom is 0.291 e. The van der Waals surface area contributed by atoms with Gasteiger partial charge in [-0.15, -0.1) is 0 Å². The van der Waals surface area contributed by atoms with Gasteiger partial charge in [0.1, 0.15) is 22.7 Å². The van der Waals surface area contributed by atoms with E-state index >= 15 is 0 Å². The molecule has 7 N–H and O–H groups in total. The van der Waals surface area contributed by atoms with Crippen LogP contribution < -0.4 is 32.3 Å². The van der Waals surface area contributed by atoms with E-state index in [4.69, 9.17) is 10.2 Å². The highest BCUT2D eigenvalue weighted by atomic mass is 79.9. The van der Waals surface area contributed by atoms with Gasteiger partial charge in [-0.2, -0.15) is 0 Å². The molecule has 0 unspecified atom stereocenters. The zero-order valence-electron chi connectivity index (χ0n) is 27.0. The van der Waals surface area contributed by atoms with Crippen molar-refractivity contribution in [2.24, 2.45) is 26.9 Å². The van der Waals surface area contributed by atoms with Gasteiger partial charge in [0.25, 0.3) is 29.5 Å². The van der Waals surface area contributed by atoms with E-state index in [1.807, 2.05) is 0 Å². The van der Waals surface area contributed by atoms with Crippen molar-refractivity contribution in [1.29, 1.82) is 0 Å². The first-order valence-electron chi connectivity index (χ1n) is 14.9. The number of halogens is 1. The third kappa shape index (κ3) is 8.01. The molecule has 5 rings (SSSR count). The summed E-state index contributed by atoms with van der Waals surface area (Å²) in [5.74, 6) is -2.89. The second-order valence-electron chi connectivity index (χ2n) is 11.2. The molecule has 0 aliphatic rings. The van der Waals surface area contributed by atoms with Crippen LogP contribution in [0.3, 0.4) is 0 Å². The average Bonchev–Trinajstić information content (AvgIpc) is 3.81. The molecule has 0 fully saturated rings. The van der Waals surface area contributed by atoms with Gasteiger partial charge in [0.05, 0.1) is 21.5 Å². The summed E-state index contributed by atoms with van der Waals surface area (Å²) in [6.07, 6.45) is 4.69. The molecule has 1 aromatic carbocycles. The predicted octanol–water partition coefficient (Wildman–Crippen LogP) is 3.66. The number of fused-ring (bicyclic) bond motifs is 1. The minimum absolute atomic E-state index is 0.00120. The Kier molecular flexibility index (Phi) is 10.1. The summed E-state index contributed by atoms with van der Waals surface area (Å²) in [6.45, 7) is 3.62. The summed E-state index contributed by atoms with van der Waals surface area (Å²) < 4.78 is 10.4. The van der Waals surface area contributed by atoms with Crippen LogP contribution in [0, 0.1) is 0 Å². The molecule has 50 heavy (non-hydrogen) atoms. The highest BCUT2D eigenvalue weighted by Crippen LogP contribution is 2.25. The summed E-state index contributed by atoms with van der Waals surface area (Å²) >= 11 is 3.03. The molecule has 6 amide bonds. The third-order valence-corrected chi connectivity index (χ3v) is 7.75. The molecule has 0 saturated heterocycles. The lowest BCUT2D eigenvalue weighted by molar-refractivity contribution is -0.118. The Morgan fingerprint density at radius 3 is 1.70 bits per heavy atom. The highest BCUT2D eigenvalue weighted by Gasteiger charge is 2.20. The van der Waals surface area contributed by atoms with Crippen molar-refractivity contribution in [3.05, 3.63) is 95.0 Å². The molecular weight excluding hydrogens is 714 g/mol. The monoisotopic (exact) mass is 745 g/mol. The Morgan fingerprint density at radius 2 is 1.20 bits per heavy atom. The van der Waals surface area contributed by atoms with Crippen molar-refractivity contribution >= 4 is 85.1 Å². The molecule has 0 aliphatic heterocycles.